The quantitative estimate of drug-likeness (QED) is 0.905. The van der Waals surface area contributed by atoms with Gasteiger partial charge in [-0.1, -0.05) is 24.3 Å². The van der Waals surface area contributed by atoms with Crippen LogP contribution in [0.15, 0.2) is 36.4 Å². The highest BCUT2D eigenvalue weighted by Gasteiger charge is 2.15. The predicted molar refractivity (Wildman–Crippen MR) is 81.5 cm³/mol. The minimum absolute atomic E-state index is 0.211. The molecule has 3 rings (SSSR count). The maximum atomic E-state index is 11.5. The molecule has 0 unspecified atom stereocenters. The maximum Gasteiger partial charge on any atom is 0.271 e. The van der Waals surface area contributed by atoms with Crippen LogP contribution in [-0.4, -0.2) is 36.2 Å². The van der Waals surface area contributed by atoms with Gasteiger partial charge in [0.05, 0.1) is 0 Å². The van der Waals surface area contributed by atoms with Crippen molar-refractivity contribution in [3.05, 3.63) is 53.2 Å². The van der Waals surface area contributed by atoms with E-state index in [1.54, 1.807) is 13.1 Å². The first-order chi connectivity index (χ1) is 10.3. The maximum absolute atomic E-state index is 11.5. The minimum Gasteiger partial charge on any atom is -0.354 e. The molecule has 1 aromatic heterocycles. The number of hydrogen-bond donors (Lipinski definition) is 1. The van der Waals surface area contributed by atoms with Crippen molar-refractivity contribution in [2.45, 2.75) is 12.8 Å². The summed E-state index contributed by atoms with van der Waals surface area (Å²) in [6, 6.07) is 12.2. The normalized spacial score (nSPS) is 14.2. The van der Waals surface area contributed by atoms with Gasteiger partial charge in [-0.15, -0.1) is 10.2 Å². The average Bonchev–Trinajstić information content (AvgIpc) is 2.77. The van der Waals surface area contributed by atoms with Gasteiger partial charge >= 0.3 is 0 Å². The standard InChI is InChI=1S/C16H18N4O/c1-17-16(21)14-6-7-15(19-18-14)20-10-8-12-4-2-3-5-13(12)9-11-20/h2-7H,8-11H2,1H3,(H,17,21). The molecule has 0 saturated carbocycles. The number of hydrogen-bond acceptors (Lipinski definition) is 4. The van der Waals surface area contributed by atoms with Crippen molar-refractivity contribution in [1.82, 2.24) is 15.5 Å². The van der Waals surface area contributed by atoms with Crippen LogP contribution in [0.4, 0.5) is 5.82 Å². The second-order valence-electron chi connectivity index (χ2n) is 5.11. The number of benzene rings is 1. The van der Waals surface area contributed by atoms with Crippen molar-refractivity contribution >= 4 is 11.7 Å². The van der Waals surface area contributed by atoms with E-state index < -0.39 is 0 Å². The van der Waals surface area contributed by atoms with E-state index in [0.29, 0.717) is 5.69 Å². The Hall–Kier alpha value is -2.43. The molecule has 1 amide bonds. The van der Waals surface area contributed by atoms with Crippen molar-refractivity contribution < 1.29 is 4.79 Å². The SMILES string of the molecule is CNC(=O)c1ccc(N2CCc3ccccc3CC2)nn1. The number of anilines is 1. The number of aromatic nitrogens is 2. The Morgan fingerprint density at radius 2 is 1.71 bits per heavy atom. The zero-order valence-corrected chi connectivity index (χ0v) is 12.0. The molecule has 0 fully saturated rings. The van der Waals surface area contributed by atoms with Crippen LogP contribution >= 0.6 is 0 Å². The van der Waals surface area contributed by atoms with E-state index in [2.05, 4.69) is 44.7 Å². The Labute approximate surface area is 124 Å². The van der Waals surface area contributed by atoms with E-state index in [1.165, 1.54) is 11.1 Å². The Morgan fingerprint density at radius 3 is 2.24 bits per heavy atom. The third-order valence-electron chi connectivity index (χ3n) is 3.85. The summed E-state index contributed by atoms with van der Waals surface area (Å²) in [6.45, 7) is 1.84. The first kappa shape index (κ1) is 13.5. The molecule has 21 heavy (non-hydrogen) atoms. The zero-order valence-electron chi connectivity index (χ0n) is 12.0. The van der Waals surface area contributed by atoms with Gasteiger partial charge in [0.15, 0.2) is 11.5 Å². The first-order valence-electron chi connectivity index (χ1n) is 7.15. The van der Waals surface area contributed by atoms with Gasteiger partial charge in [0.25, 0.3) is 5.91 Å². The van der Waals surface area contributed by atoms with Crippen LogP contribution in [-0.2, 0) is 12.8 Å². The fourth-order valence-electron chi connectivity index (χ4n) is 2.64. The van der Waals surface area contributed by atoms with E-state index >= 15 is 0 Å². The molecule has 2 aromatic rings. The third-order valence-corrected chi connectivity index (χ3v) is 3.85. The highest BCUT2D eigenvalue weighted by Crippen LogP contribution is 2.19. The number of rotatable bonds is 2. The number of amides is 1. The van der Waals surface area contributed by atoms with E-state index in [1.807, 2.05) is 6.07 Å². The molecular formula is C16H18N4O. The van der Waals surface area contributed by atoms with Crippen LogP contribution in [0.2, 0.25) is 0 Å². The highest BCUT2D eigenvalue weighted by molar-refractivity contribution is 5.91. The lowest BCUT2D eigenvalue weighted by molar-refractivity contribution is 0.0957. The number of nitrogens with one attached hydrogen (secondary N) is 1. The Morgan fingerprint density at radius 1 is 1.05 bits per heavy atom. The smallest absolute Gasteiger partial charge is 0.271 e. The lowest BCUT2D eigenvalue weighted by Crippen LogP contribution is -2.28. The van der Waals surface area contributed by atoms with Crippen LogP contribution in [0.25, 0.3) is 0 Å². The monoisotopic (exact) mass is 282 g/mol. The molecular weight excluding hydrogens is 264 g/mol. The van der Waals surface area contributed by atoms with Gasteiger partial charge in [-0.05, 0) is 36.1 Å². The lowest BCUT2D eigenvalue weighted by Gasteiger charge is -2.20. The molecule has 5 nitrogen and oxygen atoms in total. The van der Waals surface area contributed by atoms with Crippen LogP contribution in [0.1, 0.15) is 21.6 Å². The molecule has 1 N–H and O–H groups in total. The second-order valence-corrected chi connectivity index (χ2v) is 5.11. The fourth-order valence-corrected chi connectivity index (χ4v) is 2.64. The van der Waals surface area contributed by atoms with Gasteiger partial charge in [-0.3, -0.25) is 4.79 Å². The topological polar surface area (TPSA) is 58.1 Å². The van der Waals surface area contributed by atoms with Gasteiger partial charge in [0, 0.05) is 20.1 Å². The van der Waals surface area contributed by atoms with Crippen LogP contribution < -0.4 is 10.2 Å². The molecule has 0 radical (unpaired) electrons. The summed E-state index contributed by atoms with van der Waals surface area (Å²) in [6.07, 6.45) is 2.02. The summed E-state index contributed by atoms with van der Waals surface area (Å²) in [5.41, 5.74) is 3.17. The van der Waals surface area contributed by atoms with Crippen molar-refractivity contribution in [2.75, 3.05) is 25.0 Å². The van der Waals surface area contributed by atoms with Gasteiger partial charge in [-0.2, -0.15) is 0 Å². The summed E-state index contributed by atoms with van der Waals surface area (Å²) in [5.74, 6) is 0.618. The zero-order chi connectivity index (χ0) is 14.7. The number of fused-ring (bicyclic) bond motifs is 1. The van der Waals surface area contributed by atoms with Crippen LogP contribution in [0, 0.1) is 0 Å². The van der Waals surface area contributed by atoms with Crippen LogP contribution in [0.3, 0.4) is 0 Å². The predicted octanol–water partition coefficient (Wildman–Crippen LogP) is 1.44. The minimum atomic E-state index is -0.211. The molecule has 0 atom stereocenters. The summed E-state index contributed by atoms with van der Waals surface area (Å²) in [7, 11) is 1.59. The molecule has 1 aliphatic heterocycles. The summed E-state index contributed by atoms with van der Waals surface area (Å²) < 4.78 is 0. The van der Waals surface area contributed by atoms with Crippen LogP contribution in [0.5, 0.6) is 0 Å². The van der Waals surface area contributed by atoms with Crippen molar-refractivity contribution in [2.24, 2.45) is 0 Å². The highest BCUT2D eigenvalue weighted by atomic mass is 16.1. The van der Waals surface area contributed by atoms with E-state index in [9.17, 15) is 4.79 Å². The molecule has 0 aliphatic carbocycles. The molecule has 108 valence electrons. The number of nitrogens with zero attached hydrogens (tertiary/aromatic N) is 3. The van der Waals surface area contributed by atoms with E-state index in [0.717, 1.165) is 31.7 Å². The molecule has 0 bridgehead atoms. The van der Waals surface area contributed by atoms with Gasteiger partial charge in [0.2, 0.25) is 0 Å². The molecule has 0 spiro atoms. The lowest BCUT2D eigenvalue weighted by atomic mass is 10.0. The Kier molecular flexibility index (Phi) is 3.81. The number of carbonyl (C=O) groups is 1. The van der Waals surface area contributed by atoms with Crippen molar-refractivity contribution in [1.29, 1.82) is 0 Å². The molecule has 2 heterocycles. The molecule has 0 saturated heterocycles. The van der Waals surface area contributed by atoms with Gasteiger partial charge < -0.3 is 10.2 Å². The van der Waals surface area contributed by atoms with Crippen molar-refractivity contribution in [3.8, 4) is 0 Å². The summed E-state index contributed by atoms with van der Waals surface area (Å²) in [5, 5.41) is 10.7. The second kappa shape index (κ2) is 5.91. The first-order valence-corrected chi connectivity index (χ1v) is 7.15. The van der Waals surface area contributed by atoms with Crippen molar-refractivity contribution in [3.63, 3.8) is 0 Å². The van der Waals surface area contributed by atoms with E-state index in [-0.39, 0.29) is 5.91 Å². The Bertz CT molecular complexity index is 612. The molecule has 1 aromatic carbocycles. The summed E-state index contributed by atoms with van der Waals surface area (Å²) in [4.78, 5) is 13.7. The van der Waals surface area contributed by atoms with Gasteiger partial charge in [0.1, 0.15) is 0 Å². The molecule has 5 heteroatoms. The largest absolute Gasteiger partial charge is 0.354 e. The fraction of sp³-hybridized carbons (Fsp3) is 0.312. The third kappa shape index (κ3) is 2.86. The average molecular weight is 282 g/mol. The number of carbonyl (C=O) groups excluding carboxylic acids is 1. The Balaban J connectivity index is 1.75. The molecule has 1 aliphatic rings. The summed E-state index contributed by atoms with van der Waals surface area (Å²) >= 11 is 0. The van der Waals surface area contributed by atoms with Gasteiger partial charge in [-0.25, -0.2) is 0 Å². The van der Waals surface area contributed by atoms with E-state index in [4.69, 9.17) is 0 Å².